The first-order valence-corrected chi connectivity index (χ1v) is 12.1. The maximum atomic E-state index is 13.1. The van der Waals surface area contributed by atoms with Crippen molar-refractivity contribution in [3.63, 3.8) is 0 Å². The molecule has 162 valence electrons. The molecule has 1 atom stereocenters. The maximum absolute atomic E-state index is 13.1. The highest BCUT2D eigenvalue weighted by Crippen LogP contribution is 2.29. The largest absolute Gasteiger partial charge is 0.346 e. The summed E-state index contributed by atoms with van der Waals surface area (Å²) in [5.74, 6) is 0.291. The molecule has 0 N–H and O–H groups in total. The molecule has 9 heteroatoms. The van der Waals surface area contributed by atoms with Gasteiger partial charge in [-0.05, 0) is 45.1 Å². The number of aromatic nitrogens is 3. The second-order valence-corrected chi connectivity index (χ2v) is 9.61. The SMILES string of the molecule is CCN1CCN(C(=O)C2CCCN(c3nn4c(=O)c5c(nc4s3)CCCC5)C2)CC1. The fraction of sp³-hybridized carbons (Fsp3) is 0.714. The molecule has 4 heterocycles. The van der Waals surface area contributed by atoms with Crippen molar-refractivity contribution in [3.05, 3.63) is 21.6 Å². The third-order valence-corrected chi connectivity index (χ3v) is 7.81. The monoisotopic (exact) mass is 430 g/mol. The second-order valence-electron chi connectivity index (χ2n) is 8.67. The zero-order chi connectivity index (χ0) is 20.7. The Bertz CT molecular complexity index is 993. The fourth-order valence-corrected chi connectivity index (χ4v) is 5.93. The zero-order valence-corrected chi connectivity index (χ0v) is 18.5. The predicted molar refractivity (Wildman–Crippen MR) is 117 cm³/mol. The van der Waals surface area contributed by atoms with Crippen LogP contribution in [0.25, 0.3) is 4.96 Å². The lowest BCUT2D eigenvalue weighted by molar-refractivity contribution is -0.137. The first-order valence-electron chi connectivity index (χ1n) is 11.3. The summed E-state index contributed by atoms with van der Waals surface area (Å²) < 4.78 is 1.49. The number of hydrogen-bond donors (Lipinski definition) is 0. The van der Waals surface area contributed by atoms with Gasteiger partial charge >= 0.3 is 0 Å². The van der Waals surface area contributed by atoms with Gasteiger partial charge in [0.15, 0.2) is 0 Å². The van der Waals surface area contributed by atoms with E-state index in [-0.39, 0.29) is 17.4 Å². The van der Waals surface area contributed by atoms with Gasteiger partial charge < -0.3 is 14.7 Å². The minimum atomic E-state index is -0.00405. The highest BCUT2D eigenvalue weighted by Gasteiger charge is 2.32. The van der Waals surface area contributed by atoms with Gasteiger partial charge in [-0.3, -0.25) is 9.59 Å². The molecule has 3 aliphatic rings. The molecule has 5 rings (SSSR count). The molecular weight excluding hydrogens is 400 g/mol. The molecule has 0 aromatic carbocycles. The average molecular weight is 431 g/mol. The van der Waals surface area contributed by atoms with Crippen LogP contribution in [-0.4, -0.2) is 76.1 Å². The summed E-state index contributed by atoms with van der Waals surface area (Å²) in [6, 6.07) is 0. The quantitative estimate of drug-likeness (QED) is 0.733. The van der Waals surface area contributed by atoms with E-state index in [2.05, 4.69) is 21.8 Å². The van der Waals surface area contributed by atoms with Crippen molar-refractivity contribution in [1.82, 2.24) is 24.4 Å². The Balaban J connectivity index is 1.33. The second kappa shape index (κ2) is 8.26. The topological polar surface area (TPSA) is 74.1 Å². The van der Waals surface area contributed by atoms with Crippen LogP contribution in [0, 0.1) is 5.92 Å². The van der Waals surface area contributed by atoms with Crippen LogP contribution >= 0.6 is 11.3 Å². The molecule has 2 aliphatic heterocycles. The van der Waals surface area contributed by atoms with Crippen molar-refractivity contribution in [1.29, 1.82) is 0 Å². The van der Waals surface area contributed by atoms with E-state index in [9.17, 15) is 9.59 Å². The normalized spacial score (nSPS) is 23.0. The Hall–Kier alpha value is -2.00. The Morgan fingerprint density at radius 2 is 1.90 bits per heavy atom. The molecule has 1 amide bonds. The van der Waals surface area contributed by atoms with E-state index in [1.807, 2.05) is 4.90 Å². The van der Waals surface area contributed by atoms with Crippen molar-refractivity contribution in [2.24, 2.45) is 5.92 Å². The van der Waals surface area contributed by atoms with Gasteiger partial charge in [-0.15, -0.1) is 5.10 Å². The molecule has 2 aromatic rings. The molecule has 2 fully saturated rings. The van der Waals surface area contributed by atoms with Crippen LogP contribution in [0.2, 0.25) is 0 Å². The van der Waals surface area contributed by atoms with Crippen LogP contribution in [0.4, 0.5) is 5.13 Å². The highest BCUT2D eigenvalue weighted by molar-refractivity contribution is 7.20. The van der Waals surface area contributed by atoms with Crippen LogP contribution in [0.3, 0.4) is 0 Å². The zero-order valence-electron chi connectivity index (χ0n) is 17.7. The summed E-state index contributed by atoms with van der Waals surface area (Å²) in [4.78, 5) is 38.1. The lowest BCUT2D eigenvalue weighted by atomic mass is 9.96. The van der Waals surface area contributed by atoms with Crippen molar-refractivity contribution < 1.29 is 4.79 Å². The number of piperazine rings is 1. The Labute approximate surface area is 180 Å². The minimum absolute atomic E-state index is 0.00405. The first-order chi connectivity index (χ1) is 14.6. The van der Waals surface area contributed by atoms with E-state index in [4.69, 9.17) is 4.98 Å². The standard InChI is InChI=1S/C21H30N6O2S/c1-2-24-10-12-25(13-11-24)18(28)15-6-5-9-26(14-15)21-23-27-19(29)16-7-3-4-8-17(16)22-20(27)30-21/h15H,2-14H2,1H3. The summed E-state index contributed by atoms with van der Waals surface area (Å²) in [5, 5.41) is 5.44. The number of rotatable bonds is 3. The molecule has 1 aliphatic carbocycles. The number of amides is 1. The third kappa shape index (κ3) is 3.62. The summed E-state index contributed by atoms with van der Waals surface area (Å²) in [6.07, 6.45) is 5.75. The molecule has 0 spiro atoms. The van der Waals surface area contributed by atoms with Crippen molar-refractivity contribution in [3.8, 4) is 0 Å². The number of anilines is 1. The summed E-state index contributed by atoms with van der Waals surface area (Å²) in [7, 11) is 0. The van der Waals surface area contributed by atoms with E-state index in [1.54, 1.807) is 0 Å². The third-order valence-electron chi connectivity index (χ3n) is 6.84. The van der Waals surface area contributed by atoms with E-state index >= 15 is 0 Å². The molecule has 0 bridgehead atoms. The van der Waals surface area contributed by atoms with Crippen LogP contribution in [-0.2, 0) is 17.6 Å². The number of nitrogens with zero attached hydrogens (tertiary/aromatic N) is 6. The molecule has 0 radical (unpaired) electrons. The number of carbonyl (C=O) groups excluding carboxylic acids is 1. The van der Waals surface area contributed by atoms with Crippen LogP contribution in [0.5, 0.6) is 0 Å². The van der Waals surface area contributed by atoms with E-state index in [0.717, 1.165) is 94.2 Å². The summed E-state index contributed by atoms with van der Waals surface area (Å²) in [6.45, 7) is 8.37. The lowest BCUT2D eigenvalue weighted by Crippen LogP contribution is -2.52. The van der Waals surface area contributed by atoms with Crippen LogP contribution in [0.15, 0.2) is 4.79 Å². The van der Waals surface area contributed by atoms with Gasteiger partial charge in [0.25, 0.3) is 5.56 Å². The predicted octanol–water partition coefficient (Wildman–Crippen LogP) is 1.41. The lowest BCUT2D eigenvalue weighted by Gasteiger charge is -2.38. The van der Waals surface area contributed by atoms with Crippen molar-refractivity contribution in [2.75, 3.05) is 50.7 Å². The highest BCUT2D eigenvalue weighted by atomic mass is 32.1. The van der Waals surface area contributed by atoms with Gasteiger partial charge in [-0.25, -0.2) is 4.98 Å². The molecule has 1 unspecified atom stereocenters. The smallest absolute Gasteiger partial charge is 0.278 e. The Morgan fingerprint density at radius 3 is 2.70 bits per heavy atom. The van der Waals surface area contributed by atoms with E-state index < -0.39 is 0 Å². The van der Waals surface area contributed by atoms with Crippen LogP contribution in [0.1, 0.15) is 43.9 Å². The number of carbonyl (C=O) groups is 1. The van der Waals surface area contributed by atoms with Crippen molar-refractivity contribution >= 4 is 27.3 Å². The first kappa shape index (κ1) is 19.9. The molecular formula is C21H30N6O2S. The Morgan fingerprint density at radius 1 is 1.10 bits per heavy atom. The van der Waals surface area contributed by atoms with Crippen LogP contribution < -0.4 is 10.5 Å². The van der Waals surface area contributed by atoms with E-state index in [1.165, 1.54) is 15.9 Å². The Kier molecular flexibility index (Phi) is 5.49. The number of hydrogen-bond acceptors (Lipinski definition) is 7. The molecule has 2 aromatic heterocycles. The van der Waals surface area contributed by atoms with Crippen molar-refractivity contribution in [2.45, 2.75) is 45.4 Å². The maximum Gasteiger partial charge on any atom is 0.278 e. The van der Waals surface area contributed by atoms with Gasteiger partial charge in [0.05, 0.1) is 11.6 Å². The number of likely N-dealkylation sites (N-methyl/N-ethyl adjacent to an activating group) is 1. The van der Waals surface area contributed by atoms with Gasteiger partial charge in [0.1, 0.15) is 0 Å². The summed E-state index contributed by atoms with van der Waals surface area (Å²) in [5.41, 5.74) is 1.79. The molecule has 30 heavy (non-hydrogen) atoms. The minimum Gasteiger partial charge on any atom is -0.346 e. The summed E-state index contributed by atoms with van der Waals surface area (Å²) >= 11 is 1.48. The van der Waals surface area contributed by atoms with Gasteiger partial charge in [0, 0.05) is 44.8 Å². The number of fused-ring (bicyclic) bond motifs is 2. The number of aryl methyl sites for hydroxylation is 1. The van der Waals surface area contributed by atoms with Gasteiger partial charge in [-0.1, -0.05) is 18.3 Å². The van der Waals surface area contributed by atoms with Gasteiger partial charge in [0.2, 0.25) is 16.0 Å². The average Bonchev–Trinajstić information content (AvgIpc) is 3.23. The molecule has 0 saturated carbocycles. The van der Waals surface area contributed by atoms with E-state index in [0.29, 0.717) is 11.5 Å². The fourth-order valence-electron chi connectivity index (χ4n) is 4.99. The number of piperidine rings is 1. The molecule has 8 nitrogen and oxygen atoms in total. The molecule has 2 saturated heterocycles. The van der Waals surface area contributed by atoms with Gasteiger partial charge in [-0.2, -0.15) is 4.52 Å².